The summed E-state index contributed by atoms with van der Waals surface area (Å²) in [5.74, 6) is -0.296. The molecule has 2 amide bonds. The number of hydrogen-bond donors (Lipinski definition) is 1. The number of hydrogen-bond acceptors (Lipinski definition) is 3. The van der Waals surface area contributed by atoms with Gasteiger partial charge in [-0.25, -0.2) is 0 Å². The molecule has 1 saturated heterocycles. The van der Waals surface area contributed by atoms with Crippen molar-refractivity contribution in [3.05, 3.63) is 11.6 Å². The zero-order valence-electron chi connectivity index (χ0n) is 6.83. The monoisotopic (exact) mass is 166 g/mol. The first-order valence-corrected chi connectivity index (χ1v) is 3.96. The first kappa shape index (κ1) is 7.49. The van der Waals surface area contributed by atoms with E-state index in [4.69, 9.17) is 0 Å². The van der Waals surface area contributed by atoms with Crippen LogP contribution >= 0.6 is 0 Å². The number of carbonyl (C=O) groups is 2. The van der Waals surface area contributed by atoms with Crippen LogP contribution in [0, 0.1) is 0 Å². The van der Waals surface area contributed by atoms with Crippen LogP contribution in [0.1, 0.15) is 6.92 Å². The average molecular weight is 166 g/mol. The lowest BCUT2D eigenvalue weighted by atomic mass is 10.1. The lowest BCUT2D eigenvalue weighted by Crippen LogP contribution is -2.59. The molecule has 64 valence electrons. The fourth-order valence-electron chi connectivity index (χ4n) is 1.41. The van der Waals surface area contributed by atoms with Crippen molar-refractivity contribution < 1.29 is 9.59 Å². The molecule has 0 bridgehead atoms. The second kappa shape index (κ2) is 2.42. The Labute approximate surface area is 70.2 Å². The topological polar surface area (TPSA) is 49.4 Å². The van der Waals surface area contributed by atoms with Crippen molar-refractivity contribution in [1.29, 1.82) is 0 Å². The van der Waals surface area contributed by atoms with E-state index in [0.717, 1.165) is 13.1 Å². The summed E-state index contributed by atoms with van der Waals surface area (Å²) in [7, 11) is 0. The SMILES string of the molecule is CC1=CC(=O)N(C2CNC2)C1=O. The highest BCUT2D eigenvalue weighted by atomic mass is 16.2. The maximum Gasteiger partial charge on any atom is 0.256 e. The molecule has 0 aromatic heterocycles. The summed E-state index contributed by atoms with van der Waals surface area (Å²) in [4.78, 5) is 23.9. The minimum Gasteiger partial charge on any atom is -0.313 e. The molecule has 4 nitrogen and oxygen atoms in total. The van der Waals surface area contributed by atoms with Gasteiger partial charge in [0, 0.05) is 24.7 Å². The van der Waals surface area contributed by atoms with E-state index in [1.165, 1.54) is 11.0 Å². The molecule has 4 heteroatoms. The highest BCUT2D eigenvalue weighted by molar-refractivity contribution is 6.16. The average Bonchev–Trinajstić information content (AvgIpc) is 2.13. The van der Waals surface area contributed by atoms with Crippen molar-refractivity contribution >= 4 is 11.8 Å². The van der Waals surface area contributed by atoms with Gasteiger partial charge in [-0.15, -0.1) is 0 Å². The van der Waals surface area contributed by atoms with Crippen LogP contribution < -0.4 is 5.32 Å². The lowest BCUT2D eigenvalue weighted by Gasteiger charge is -2.34. The van der Waals surface area contributed by atoms with Gasteiger partial charge in [0.1, 0.15) is 0 Å². The highest BCUT2D eigenvalue weighted by Crippen LogP contribution is 2.17. The Morgan fingerprint density at radius 1 is 1.50 bits per heavy atom. The van der Waals surface area contributed by atoms with Gasteiger partial charge < -0.3 is 5.32 Å². The van der Waals surface area contributed by atoms with Gasteiger partial charge in [-0.2, -0.15) is 0 Å². The Morgan fingerprint density at radius 3 is 2.50 bits per heavy atom. The van der Waals surface area contributed by atoms with Gasteiger partial charge in [0.2, 0.25) is 0 Å². The summed E-state index contributed by atoms with van der Waals surface area (Å²) in [6.07, 6.45) is 1.40. The Kier molecular flexibility index (Phi) is 1.51. The molecular formula is C8H10N2O2. The number of amides is 2. The minimum atomic E-state index is -0.163. The van der Waals surface area contributed by atoms with Crippen LogP contribution in [0.25, 0.3) is 0 Å². The molecule has 0 aromatic carbocycles. The molecule has 2 rings (SSSR count). The van der Waals surface area contributed by atoms with Crippen LogP contribution in [0.3, 0.4) is 0 Å². The second-order valence-corrected chi connectivity index (χ2v) is 3.15. The van der Waals surface area contributed by atoms with Crippen molar-refractivity contribution in [2.24, 2.45) is 0 Å². The third-order valence-electron chi connectivity index (χ3n) is 2.26. The highest BCUT2D eigenvalue weighted by Gasteiger charge is 2.37. The smallest absolute Gasteiger partial charge is 0.256 e. The van der Waals surface area contributed by atoms with Crippen LogP contribution in [0.4, 0.5) is 0 Å². The van der Waals surface area contributed by atoms with Gasteiger partial charge in [-0.05, 0) is 6.92 Å². The van der Waals surface area contributed by atoms with Crippen molar-refractivity contribution in [2.75, 3.05) is 13.1 Å². The summed E-state index contributed by atoms with van der Waals surface area (Å²) in [6.45, 7) is 3.14. The van der Waals surface area contributed by atoms with Crippen molar-refractivity contribution in [2.45, 2.75) is 13.0 Å². The van der Waals surface area contributed by atoms with E-state index >= 15 is 0 Å². The molecular weight excluding hydrogens is 156 g/mol. The summed E-state index contributed by atoms with van der Waals surface area (Å²) in [5.41, 5.74) is 0.548. The third-order valence-corrected chi connectivity index (χ3v) is 2.26. The lowest BCUT2D eigenvalue weighted by molar-refractivity contribution is -0.140. The van der Waals surface area contributed by atoms with E-state index in [9.17, 15) is 9.59 Å². The molecule has 0 aliphatic carbocycles. The largest absolute Gasteiger partial charge is 0.313 e. The van der Waals surface area contributed by atoms with Crippen molar-refractivity contribution in [3.63, 3.8) is 0 Å². The van der Waals surface area contributed by atoms with Crippen molar-refractivity contribution in [3.8, 4) is 0 Å². The van der Waals surface area contributed by atoms with Crippen LogP contribution in [-0.2, 0) is 9.59 Å². The fourth-order valence-corrected chi connectivity index (χ4v) is 1.41. The van der Waals surface area contributed by atoms with E-state index in [1.54, 1.807) is 6.92 Å². The first-order chi connectivity index (χ1) is 5.70. The second-order valence-electron chi connectivity index (χ2n) is 3.15. The zero-order chi connectivity index (χ0) is 8.72. The first-order valence-electron chi connectivity index (χ1n) is 3.96. The minimum absolute atomic E-state index is 0.0821. The number of rotatable bonds is 1. The standard InChI is InChI=1S/C8H10N2O2/c1-5-2-7(11)10(8(5)12)6-3-9-4-6/h2,6,9H,3-4H2,1H3. The van der Waals surface area contributed by atoms with Gasteiger partial charge in [0.15, 0.2) is 0 Å². The van der Waals surface area contributed by atoms with Crippen LogP contribution in [0.2, 0.25) is 0 Å². The van der Waals surface area contributed by atoms with E-state index in [0.29, 0.717) is 5.57 Å². The van der Waals surface area contributed by atoms with Gasteiger partial charge in [-0.3, -0.25) is 14.5 Å². The molecule has 0 unspecified atom stereocenters. The molecule has 2 heterocycles. The van der Waals surface area contributed by atoms with Gasteiger partial charge >= 0.3 is 0 Å². The third kappa shape index (κ3) is 0.881. The Balaban J connectivity index is 2.17. The predicted octanol–water partition coefficient (Wildman–Crippen LogP) is -0.727. The van der Waals surface area contributed by atoms with Gasteiger partial charge in [0.05, 0.1) is 6.04 Å². The Hall–Kier alpha value is -1.16. The summed E-state index contributed by atoms with van der Waals surface area (Å²) < 4.78 is 0. The zero-order valence-corrected chi connectivity index (χ0v) is 6.83. The summed E-state index contributed by atoms with van der Waals surface area (Å²) >= 11 is 0. The number of imide groups is 1. The van der Waals surface area contributed by atoms with Gasteiger partial charge in [0.25, 0.3) is 11.8 Å². The fraction of sp³-hybridized carbons (Fsp3) is 0.500. The number of nitrogens with one attached hydrogen (secondary N) is 1. The van der Waals surface area contributed by atoms with E-state index in [-0.39, 0.29) is 17.9 Å². The molecule has 0 spiro atoms. The van der Waals surface area contributed by atoms with Crippen LogP contribution in [0.15, 0.2) is 11.6 Å². The van der Waals surface area contributed by atoms with E-state index in [2.05, 4.69) is 5.32 Å². The predicted molar refractivity (Wildman–Crippen MR) is 42.3 cm³/mol. The molecule has 1 N–H and O–H groups in total. The van der Waals surface area contributed by atoms with E-state index in [1.807, 2.05) is 0 Å². The number of carbonyl (C=O) groups excluding carboxylic acids is 2. The van der Waals surface area contributed by atoms with Crippen molar-refractivity contribution in [1.82, 2.24) is 10.2 Å². The maximum atomic E-state index is 11.4. The quantitative estimate of drug-likeness (QED) is 0.523. The molecule has 1 fully saturated rings. The van der Waals surface area contributed by atoms with Crippen LogP contribution in [0.5, 0.6) is 0 Å². The molecule has 2 aliphatic rings. The Morgan fingerprint density at radius 2 is 2.17 bits per heavy atom. The van der Waals surface area contributed by atoms with Crippen LogP contribution in [-0.4, -0.2) is 35.8 Å². The molecule has 0 saturated carbocycles. The molecule has 12 heavy (non-hydrogen) atoms. The maximum absolute atomic E-state index is 11.4. The molecule has 2 aliphatic heterocycles. The summed E-state index contributed by atoms with van der Waals surface area (Å²) in [5, 5.41) is 3.02. The number of nitrogens with zero attached hydrogens (tertiary/aromatic N) is 1. The Bertz CT molecular complexity index is 279. The summed E-state index contributed by atoms with van der Waals surface area (Å²) in [6, 6.07) is 0.0821. The normalized spacial score (nSPS) is 24.4. The van der Waals surface area contributed by atoms with E-state index < -0.39 is 0 Å². The van der Waals surface area contributed by atoms with Gasteiger partial charge in [-0.1, -0.05) is 0 Å². The molecule has 0 aromatic rings. The molecule has 0 radical (unpaired) electrons. The molecule has 0 atom stereocenters.